The first kappa shape index (κ1) is 47.1. The van der Waals surface area contributed by atoms with Crippen LogP contribution < -0.4 is 0 Å². The lowest BCUT2D eigenvalue weighted by atomic mass is 9.66. The summed E-state index contributed by atoms with van der Waals surface area (Å²) in [6.45, 7) is -3.68. The largest absolute Gasteiger partial charge is 0.460 e. The van der Waals surface area contributed by atoms with Crippen LogP contribution in [-0.4, -0.2) is 118 Å². The Bertz CT molecular complexity index is 1470. The smallest absolute Gasteiger partial charge is 0.396 e. The fourth-order valence-electron chi connectivity index (χ4n) is 3.60. The lowest BCUT2D eigenvalue weighted by Gasteiger charge is -2.55. The van der Waals surface area contributed by atoms with Crippen LogP contribution >= 0.6 is 0 Å². The summed E-state index contributed by atoms with van der Waals surface area (Å²) in [6.07, 6.45) is -21.8. The van der Waals surface area contributed by atoms with Crippen molar-refractivity contribution in [2.24, 2.45) is 0 Å². The molecule has 49 heavy (non-hydrogen) atoms. The zero-order valence-corrected chi connectivity index (χ0v) is 22.9. The second-order valence-corrected chi connectivity index (χ2v) is 12.0. The Morgan fingerprint density at radius 3 is 0.939 bits per heavy atom. The van der Waals surface area contributed by atoms with Crippen LogP contribution in [0.25, 0.3) is 0 Å². The average molecular weight is 836 g/mol. The summed E-state index contributed by atoms with van der Waals surface area (Å²) < 4.78 is 395. The summed E-state index contributed by atoms with van der Waals surface area (Å²) >= 11 is 0. The van der Waals surface area contributed by atoms with Crippen LogP contribution in [0.5, 0.6) is 0 Å². The minimum atomic E-state index is -10.0. The number of aliphatic hydroxyl groups is 2. The number of hydrogen-bond donors (Lipinski definition) is 4. The van der Waals surface area contributed by atoms with E-state index in [0.717, 1.165) is 0 Å². The van der Waals surface area contributed by atoms with Crippen molar-refractivity contribution in [3.8, 4) is 0 Å². The van der Waals surface area contributed by atoms with Crippen LogP contribution in [0.3, 0.4) is 0 Å². The van der Waals surface area contributed by atoms with Crippen LogP contribution in [0.2, 0.25) is 0 Å². The van der Waals surface area contributed by atoms with Gasteiger partial charge in [0.15, 0.2) is 5.60 Å². The Kier molecular flexibility index (Phi) is 11.1. The summed E-state index contributed by atoms with van der Waals surface area (Å²) in [7, 11) is -18.5. The van der Waals surface area contributed by atoms with Gasteiger partial charge in [-0.3, -0.25) is 9.11 Å². The molecule has 0 aromatic rings. The molecule has 0 saturated carbocycles. The molecule has 0 aromatic carbocycles. The van der Waals surface area contributed by atoms with Gasteiger partial charge in [-0.1, -0.05) is 0 Å². The van der Waals surface area contributed by atoms with E-state index in [4.69, 9.17) is 14.2 Å². The van der Waals surface area contributed by atoms with Gasteiger partial charge in [-0.25, -0.2) is 8.78 Å². The van der Waals surface area contributed by atoms with Crippen molar-refractivity contribution in [2.45, 2.75) is 81.8 Å². The van der Waals surface area contributed by atoms with Crippen LogP contribution in [0.1, 0.15) is 6.42 Å². The SMILES string of the molecule is O=S(=O)(O)C(F)(F)C(F)(F)C(F)(C(F)(F)C(F)(F)C(F)(F)F)C(O)(CCO)C(F)(C(F)(F)C(F)(F)C(F)(F)C(F)(F)C(F)(F)F)S(=O)(=O)O. The molecule has 4 N–H and O–H groups in total. The van der Waals surface area contributed by atoms with Gasteiger partial charge in [-0.05, 0) is 0 Å². The molecule has 8 nitrogen and oxygen atoms in total. The first-order valence-electron chi connectivity index (χ1n) is 10.4. The summed E-state index contributed by atoms with van der Waals surface area (Å²) in [4.78, 5) is 0. The van der Waals surface area contributed by atoms with Gasteiger partial charge in [-0.2, -0.15) is 113 Å². The Hall–Kier alpha value is -1.94. The first-order valence-corrected chi connectivity index (χ1v) is 13.2. The van der Waals surface area contributed by atoms with Gasteiger partial charge < -0.3 is 10.2 Å². The Morgan fingerprint density at radius 1 is 0.408 bits per heavy atom. The predicted octanol–water partition coefficient (Wildman–Crippen LogP) is 5.41. The molecule has 0 saturated heterocycles. The van der Waals surface area contributed by atoms with Crippen molar-refractivity contribution in [3.63, 3.8) is 0 Å². The molecular weight excluding hydrogens is 828 g/mol. The molecule has 0 radical (unpaired) electrons. The predicted molar refractivity (Wildman–Crippen MR) is 99.1 cm³/mol. The highest BCUT2D eigenvalue weighted by Crippen LogP contribution is 2.70. The van der Waals surface area contributed by atoms with Gasteiger partial charge in [0, 0.05) is 13.0 Å². The fraction of sp³-hybridized carbons (Fsp3) is 1.00. The zero-order valence-electron chi connectivity index (χ0n) is 21.2. The van der Waals surface area contributed by atoms with E-state index < -0.39 is 109 Å². The summed E-state index contributed by atoms with van der Waals surface area (Å²) in [5.74, 6) is -66.8. The highest BCUT2D eigenvalue weighted by molar-refractivity contribution is 7.87. The molecule has 0 spiro atoms. The Labute approximate surface area is 251 Å². The van der Waals surface area contributed by atoms with E-state index >= 15 is 8.78 Å². The van der Waals surface area contributed by atoms with E-state index in [1.165, 1.54) is 0 Å². The second-order valence-electron chi connectivity index (χ2n) is 9.07. The maximum absolute atomic E-state index is 15.9. The fourth-order valence-corrected chi connectivity index (χ4v) is 5.19. The summed E-state index contributed by atoms with van der Waals surface area (Å²) in [5.41, 5.74) is -18.9. The van der Waals surface area contributed by atoms with Crippen LogP contribution in [0.4, 0.5) is 105 Å². The average Bonchev–Trinajstić information content (AvgIpc) is 2.83. The van der Waals surface area contributed by atoms with Crippen molar-refractivity contribution < 1.29 is 142 Å². The molecule has 34 heteroatoms. The van der Waals surface area contributed by atoms with Gasteiger partial charge in [0.05, 0.1) is 0 Å². The van der Waals surface area contributed by atoms with E-state index in [-0.39, 0.29) is 0 Å². The van der Waals surface area contributed by atoms with Crippen molar-refractivity contribution >= 4 is 20.2 Å². The highest BCUT2D eigenvalue weighted by atomic mass is 32.2. The van der Waals surface area contributed by atoms with E-state index in [0.29, 0.717) is 0 Å². The molecule has 0 aliphatic heterocycles. The maximum atomic E-state index is 15.9. The normalized spacial score (nSPS) is 20.0. The highest BCUT2D eigenvalue weighted by Gasteiger charge is 3.03. The van der Waals surface area contributed by atoms with Gasteiger partial charge >= 0.3 is 84.3 Å². The molecule has 0 aliphatic carbocycles. The third-order valence-electron chi connectivity index (χ3n) is 6.18. The molecule has 3 atom stereocenters. The number of alkyl halides is 24. The van der Waals surface area contributed by atoms with E-state index in [2.05, 4.69) is 0 Å². The summed E-state index contributed by atoms with van der Waals surface area (Å²) in [6, 6.07) is 0. The van der Waals surface area contributed by atoms with Crippen molar-refractivity contribution in [3.05, 3.63) is 0 Å². The second kappa shape index (κ2) is 11.5. The number of aliphatic hydroxyl groups excluding tert-OH is 1. The third kappa shape index (κ3) is 5.45. The van der Waals surface area contributed by atoms with Crippen LogP contribution in [0, 0.1) is 0 Å². The van der Waals surface area contributed by atoms with E-state index in [1.54, 1.807) is 0 Å². The van der Waals surface area contributed by atoms with E-state index in [1.807, 2.05) is 0 Å². The standard InChI is InChI=1S/C15H8F24O8S2/c16-4(5(17,18)10(27,28)13(32,33)34,6(19,20)15(38,39)49(45,46)47)3(41,1-2-40)12(31,48(42,43)44)9(25,26)7(21,22)8(23,24)11(29,30)14(35,36)37/h40-41H,1-2H2,(H,42,43,44)(H,45,46,47). The van der Waals surface area contributed by atoms with Crippen molar-refractivity contribution in [1.82, 2.24) is 0 Å². The minimum Gasteiger partial charge on any atom is -0.396 e. The molecule has 296 valence electrons. The molecule has 0 fully saturated rings. The van der Waals surface area contributed by atoms with Gasteiger partial charge in [0.1, 0.15) is 0 Å². The first-order chi connectivity index (χ1) is 20.6. The molecule has 3 unspecified atom stereocenters. The number of halogens is 24. The van der Waals surface area contributed by atoms with Gasteiger partial charge in [-0.15, -0.1) is 0 Å². The zero-order chi connectivity index (χ0) is 40.9. The Morgan fingerprint density at radius 2 is 0.694 bits per heavy atom. The lowest BCUT2D eigenvalue weighted by Crippen LogP contribution is -2.88. The quantitative estimate of drug-likeness (QED) is 0.134. The molecular formula is C15H8F24O8S2. The maximum Gasteiger partial charge on any atom is 0.460 e. The topological polar surface area (TPSA) is 149 Å². The molecule has 0 bridgehead atoms. The number of hydrogen-bond acceptors (Lipinski definition) is 6. The molecule has 0 aliphatic rings. The van der Waals surface area contributed by atoms with Crippen molar-refractivity contribution in [1.29, 1.82) is 0 Å². The molecule has 0 rings (SSSR count). The van der Waals surface area contributed by atoms with Gasteiger partial charge in [0.2, 0.25) is 0 Å². The molecule has 0 amide bonds. The summed E-state index contributed by atoms with van der Waals surface area (Å²) in [5, 5.41) is 0.0487. The van der Waals surface area contributed by atoms with E-state index in [9.17, 15) is 119 Å². The third-order valence-corrected chi connectivity index (χ3v) is 8.39. The van der Waals surface area contributed by atoms with Crippen LogP contribution in [0.15, 0.2) is 0 Å². The van der Waals surface area contributed by atoms with Crippen LogP contribution in [-0.2, 0) is 20.2 Å². The Balaban J connectivity index is 9.45. The minimum absolute atomic E-state index is 3.68. The lowest BCUT2D eigenvalue weighted by molar-refractivity contribution is -0.457. The monoisotopic (exact) mass is 836 g/mol. The molecule has 0 heterocycles. The molecule has 0 aromatic heterocycles. The van der Waals surface area contributed by atoms with Crippen molar-refractivity contribution in [2.75, 3.05) is 6.61 Å². The van der Waals surface area contributed by atoms with Gasteiger partial charge in [0.25, 0.3) is 5.67 Å². The number of rotatable bonds is 14.